The molecule has 154 valence electrons. The lowest BCUT2D eigenvalue weighted by molar-refractivity contribution is 0.0946. The number of carbonyl (C=O) groups excluding carboxylic acids is 1. The van der Waals surface area contributed by atoms with E-state index in [2.05, 4.69) is 52.0 Å². The number of amides is 1. The quantitative estimate of drug-likeness (QED) is 0.526. The largest absolute Gasteiger partial charge is 0.352 e. The number of rotatable bonds is 6. The molecule has 6 nitrogen and oxygen atoms in total. The van der Waals surface area contributed by atoms with Crippen molar-refractivity contribution in [1.29, 1.82) is 0 Å². The van der Waals surface area contributed by atoms with Gasteiger partial charge in [-0.05, 0) is 63.1 Å². The first kappa shape index (κ1) is 19.9. The molecule has 2 aromatic heterocycles. The van der Waals surface area contributed by atoms with Crippen molar-refractivity contribution < 1.29 is 4.79 Å². The Morgan fingerprint density at radius 1 is 1.07 bits per heavy atom. The first-order valence-electron chi connectivity index (χ1n) is 10.3. The predicted molar refractivity (Wildman–Crippen MR) is 119 cm³/mol. The van der Waals surface area contributed by atoms with E-state index in [-0.39, 0.29) is 11.8 Å². The fourth-order valence-corrected chi connectivity index (χ4v) is 3.83. The van der Waals surface area contributed by atoms with Crippen LogP contribution in [0, 0.1) is 26.7 Å². The van der Waals surface area contributed by atoms with Crippen molar-refractivity contribution >= 4 is 16.9 Å². The number of aryl methyl sites for hydroxylation is 3. The molecule has 0 aliphatic carbocycles. The highest BCUT2D eigenvalue weighted by Gasteiger charge is 2.14. The maximum absolute atomic E-state index is 12.7. The number of nitrogens with one attached hydrogen (secondary N) is 1. The Bertz CT molecular complexity index is 1190. The Morgan fingerprint density at radius 2 is 1.83 bits per heavy atom. The lowest BCUT2D eigenvalue weighted by Gasteiger charge is -2.14. The van der Waals surface area contributed by atoms with Gasteiger partial charge in [0.1, 0.15) is 5.82 Å². The van der Waals surface area contributed by atoms with Crippen LogP contribution in [0.5, 0.6) is 0 Å². The molecule has 1 N–H and O–H groups in total. The Kier molecular flexibility index (Phi) is 5.40. The third-order valence-electron chi connectivity index (χ3n) is 5.30. The van der Waals surface area contributed by atoms with Crippen LogP contribution >= 0.6 is 0 Å². The topological polar surface area (TPSA) is 64.7 Å². The summed E-state index contributed by atoms with van der Waals surface area (Å²) < 4.78 is 4.10. The number of fused-ring (bicyclic) bond motifs is 1. The number of hydrogen-bond donors (Lipinski definition) is 1. The molecule has 2 heterocycles. The Balaban J connectivity index is 1.47. The van der Waals surface area contributed by atoms with Crippen LogP contribution in [0.4, 0.5) is 0 Å². The van der Waals surface area contributed by atoms with Crippen molar-refractivity contribution in [1.82, 2.24) is 24.6 Å². The summed E-state index contributed by atoms with van der Waals surface area (Å²) in [6.45, 7) is 9.51. The van der Waals surface area contributed by atoms with E-state index in [1.807, 2.05) is 54.9 Å². The minimum absolute atomic E-state index is 0.0796. The van der Waals surface area contributed by atoms with Crippen molar-refractivity contribution in [2.24, 2.45) is 5.92 Å². The average Bonchev–Trinajstić information content (AvgIpc) is 3.23. The normalized spacial score (nSPS) is 12.3. The van der Waals surface area contributed by atoms with Gasteiger partial charge in [-0.1, -0.05) is 25.1 Å². The van der Waals surface area contributed by atoms with Crippen molar-refractivity contribution in [2.75, 3.05) is 6.54 Å². The maximum Gasteiger partial charge on any atom is 0.251 e. The Hall–Kier alpha value is -3.41. The van der Waals surface area contributed by atoms with Crippen LogP contribution in [-0.4, -0.2) is 31.8 Å². The van der Waals surface area contributed by atoms with E-state index in [4.69, 9.17) is 0 Å². The Labute approximate surface area is 176 Å². The van der Waals surface area contributed by atoms with Crippen LogP contribution in [0.2, 0.25) is 0 Å². The summed E-state index contributed by atoms with van der Waals surface area (Å²) in [4.78, 5) is 17.4. The van der Waals surface area contributed by atoms with Gasteiger partial charge in [0.2, 0.25) is 0 Å². The van der Waals surface area contributed by atoms with Crippen LogP contribution in [0.25, 0.3) is 16.7 Å². The summed E-state index contributed by atoms with van der Waals surface area (Å²) >= 11 is 0. The van der Waals surface area contributed by atoms with Gasteiger partial charge in [0.15, 0.2) is 0 Å². The number of para-hydroxylation sites is 1. The van der Waals surface area contributed by atoms with E-state index < -0.39 is 0 Å². The zero-order valence-corrected chi connectivity index (χ0v) is 17.9. The summed E-state index contributed by atoms with van der Waals surface area (Å²) in [7, 11) is 0. The SMILES string of the molecule is Cc1cc(C)n(CC(C)CNC(=O)c2ccc3c(c2)nc(C)n3-c2ccccc2)n1. The van der Waals surface area contributed by atoms with E-state index in [9.17, 15) is 4.79 Å². The molecule has 30 heavy (non-hydrogen) atoms. The molecule has 0 radical (unpaired) electrons. The third-order valence-corrected chi connectivity index (χ3v) is 5.30. The van der Waals surface area contributed by atoms with E-state index in [0.29, 0.717) is 12.1 Å². The van der Waals surface area contributed by atoms with E-state index >= 15 is 0 Å². The summed E-state index contributed by atoms with van der Waals surface area (Å²) in [6.07, 6.45) is 0. The molecule has 4 rings (SSSR count). The van der Waals surface area contributed by atoms with Crippen LogP contribution in [0.3, 0.4) is 0 Å². The first-order chi connectivity index (χ1) is 14.4. The second-order valence-electron chi connectivity index (χ2n) is 7.96. The standard InChI is InChI=1S/C24H27N5O/c1-16(15-28-18(3)12-17(2)27-28)14-25-24(30)20-10-11-23-22(13-20)26-19(4)29(23)21-8-6-5-7-9-21/h5-13,16H,14-15H2,1-4H3,(H,25,30). The predicted octanol–water partition coefficient (Wildman–Crippen LogP) is 4.21. The van der Waals surface area contributed by atoms with Crippen LogP contribution in [0.1, 0.15) is 34.5 Å². The zero-order chi connectivity index (χ0) is 21.3. The van der Waals surface area contributed by atoms with Gasteiger partial charge in [-0.15, -0.1) is 0 Å². The summed E-state index contributed by atoms with van der Waals surface area (Å²) in [6, 6.07) is 17.9. The Morgan fingerprint density at radius 3 is 2.53 bits per heavy atom. The molecule has 0 saturated carbocycles. The number of benzene rings is 2. The smallest absolute Gasteiger partial charge is 0.251 e. The monoisotopic (exact) mass is 401 g/mol. The molecular weight excluding hydrogens is 374 g/mol. The minimum atomic E-state index is -0.0796. The number of imidazole rings is 1. The third kappa shape index (κ3) is 3.99. The molecule has 2 aromatic carbocycles. The van der Waals surface area contributed by atoms with E-state index in [1.54, 1.807) is 0 Å². The van der Waals surface area contributed by atoms with E-state index in [1.165, 1.54) is 0 Å². The van der Waals surface area contributed by atoms with Gasteiger partial charge < -0.3 is 5.32 Å². The molecule has 4 aromatic rings. The second kappa shape index (κ2) is 8.14. The van der Waals surface area contributed by atoms with Crippen LogP contribution < -0.4 is 5.32 Å². The van der Waals surface area contributed by atoms with Gasteiger partial charge in [0, 0.05) is 30.0 Å². The highest BCUT2D eigenvalue weighted by Crippen LogP contribution is 2.22. The molecule has 0 bridgehead atoms. The zero-order valence-electron chi connectivity index (χ0n) is 17.9. The molecule has 1 unspecified atom stereocenters. The first-order valence-corrected chi connectivity index (χ1v) is 10.3. The average molecular weight is 402 g/mol. The lowest BCUT2D eigenvalue weighted by Crippen LogP contribution is -2.30. The van der Waals surface area contributed by atoms with Crippen molar-refractivity contribution in [2.45, 2.75) is 34.2 Å². The highest BCUT2D eigenvalue weighted by atomic mass is 16.1. The van der Waals surface area contributed by atoms with Crippen molar-refractivity contribution in [3.8, 4) is 5.69 Å². The van der Waals surface area contributed by atoms with Gasteiger partial charge in [0.05, 0.1) is 16.7 Å². The van der Waals surface area contributed by atoms with Gasteiger partial charge in [-0.25, -0.2) is 4.98 Å². The van der Waals surface area contributed by atoms with Gasteiger partial charge in [0.25, 0.3) is 5.91 Å². The molecule has 0 aliphatic heterocycles. The molecule has 0 saturated heterocycles. The van der Waals surface area contributed by atoms with E-state index in [0.717, 1.165) is 40.5 Å². The van der Waals surface area contributed by atoms with Crippen molar-refractivity contribution in [3.63, 3.8) is 0 Å². The number of aromatic nitrogens is 4. The lowest BCUT2D eigenvalue weighted by atomic mass is 10.1. The molecule has 6 heteroatoms. The fourth-order valence-electron chi connectivity index (χ4n) is 3.83. The molecule has 1 amide bonds. The summed E-state index contributed by atoms with van der Waals surface area (Å²) in [5, 5.41) is 7.55. The molecule has 0 spiro atoms. The molecule has 0 aliphatic rings. The summed E-state index contributed by atoms with van der Waals surface area (Å²) in [5.74, 6) is 1.09. The van der Waals surface area contributed by atoms with Gasteiger partial charge >= 0.3 is 0 Å². The summed E-state index contributed by atoms with van der Waals surface area (Å²) in [5.41, 5.74) is 5.65. The van der Waals surface area contributed by atoms with Crippen molar-refractivity contribution in [3.05, 3.63) is 77.4 Å². The molecule has 0 fully saturated rings. The number of nitrogens with zero attached hydrogens (tertiary/aromatic N) is 4. The van der Waals surface area contributed by atoms with Gasteiger partial charge in [-0.3, -0.25) is 14.0 Å². The van der Waals surface area contributed by atoms with Gasteiger partial charge in [-0.2, -0.15) is 5.10 Å². The molecule has 1 atom stereocenters. The molecular formula is C24H27N5O. The minimum Gasteiger partial charge on any atom is -0.352 e. The maximum atomic E-state index is 12.7. The highest BCUT2D eigenvalue weighted by molar-refractivity contribution is 5.97. The number of carbonyl (C=O) groups is 1. The second-order valence-corrected chi connectivity index (χ2v) is 7.96. The fraction of sp³-hybridized carbons (Fsp3) is 0.292. The van der Waals surface area contributed by atoms with Crippen LogP contribution in [0.15, 0.2) is 54.6 Å². The van der Waals surface area contributed by atoms with Crippen LogP contribution in [-0.2, 0) is 6.54 Å². The number of hydrogen-bond acceptors (Lipinski definition) is 3.